The lowest BCUT2D eigenvalue weighted by Crippen LogP contribution is -2.34. The number of nitrogens with one attached hydrogen (secondary N) is 1. The van der Waals surface area contributed by atoms with E-state index in [1.807, 2.05) is 13.1 Å². The summed E-state index contributed by atoms with van der Waals surface area (Å²) >= 11 is 0. The summed E-state index contributed by atoms with van der Waals surface area (Å²) < 4.78 is 2.09. The topological polar surface area (TPSA) is 71.8 Å². The number of hydrogen-bond acceptors (Lipinski definition) is 6. The fourth-order valence-electron chi connectivity index (χ4n) is 2.37. The molecule has 0 unspecified atom stereocenters. The Morgan fingerprint density at radius 3 is 3.00 bits per heavy atom. The Balaban J connectivity index is 1.88. The Labute approximate surface area is 118 Å². The van der Waals surface area contributed by atoms with Crippen molar-refractivity contribution in [3.05, 3.63) is 24.0 Å². The minimum absolute atomic E-state index is 0.742. The molecule has 20 heavy (non-hydrogen) atoms. The van der Waals surface area contributed by atoms with Crippen molar-refractivity contribution in [3.63, 3.8) is 0 Å². The quantitative estimate of drug-likeness (QED) is 0.899. The van der Waals surface area contributed by atoms with Crippen LogP contribution in [0.25, 0.3) is 0 Å². The third-order valence-electron chi connectivity index (χ3n) is 3.45. The molecule has 1 N–H and O–H groups in total. The molecule has 7 heteroatoms. The lowest BCUT2D eigenvalue weighted by Gasteiger charge is -2.28. The average molecular weight is 273 g/mol. The van der Waals surface area contributed by atoms with E-state index in [0.717, 1.165) is 55.8 Å². The minimum Gasteiger partial charge on any atom is -0.373 e. The van der Waals surface area contributed by atoms with Gasteiger partial charge in [0.25, 0.3) is 0 Å². The van der Waals surface area contributed by atoms with E-state index in [1.54, 1.807) is 6.33 Å². The Kier molecular flexibility index (Phi) is 3.49. The highest BCUT2D eigenvalue weighted by atomic mass is 15.3. The molecule has 2 aromatic rings. The molecule has 7 nitrogen and oxygen atoms in total. The van der Waals surface area contributed by atoms with Gasteiger partial charge in [0.1, 0.15) is 23.8 Å². The van der Waals surface area contributed by atoms with Crippen LogP contribution in [0.5, 0.6) is 0 Å². The van der Waals surface area contributed by atoms with E-state index in [0.29, 0.717) is 0 Å². The second-order valence-electron chi connectivity index (χ2n) is 4.89. The van der Waals surface area contributed by atoms with Crippen molar-refractivity contribution in [2.75, 3.05) is 23.8 Å². The fourth-order valence-corrected chi connectivity index (χ4v) is 2.37. The highest BCUT2D eigenvalue weighted by molar-refractivity contribution is 5.49. The van der Waals surface area contributed by atoms with Gasteiger partial charge in [-0.3, -0.25) is 0 Å². The van der Waals surface area contributed by atoms with E-state index in [1.165, 1.54) is 0 Å². The number of fused-ring (bicyclic) bond motifs is 1. The van der Waals surface area contributed by atoms with Crippen LogP contribution in [-0.2, 0) is 19.5 Å². The molecule has 1 aliphatic heterocycles. The average Bonchev–Trinajstić information content (AvgIpc) is 2.94. The van der Waals surface area contributed by atoms with Crippen molar-refractivity contribution in [3.8, 4) is 0 Å². The van der Waals surface area contributed by atoms with E-state index >= 15 is 0 Å². The number of nitrogens with zero attached hydrogens (tertiary/aromatic N) is 6. The fraction of sp³-hybridized carbons (Fsp3) is 0.538. The van der Waals surface area contributed by atoms with Crippen LogP contribution in [0.1, 0.15) is 25.0 Å². The lowest BCUT2D eigenvalue weighted by molar-refractivity contribution is 0.555. The molecule has 3 heterocycles. The van der Waals surface area contributed by atoms with Gasteiger partial charge in [-0.15, -0.1) is 10.2 Å². The molecule has 0 fully saturated rings. The molecule has 2 aromatic heterocycles. The molecule has 3 rings (SSSR count). The number of anilines is 2. The zero-order valence-electron chi connectivity index (χ0n) is 11.9. The monoisotopic (exact) mass is 273 g/mol. The van der Waals surface area contributed by atoms with Gasteiger partial charge in [0.15, 0.2) is 5.82 Å². The third-order valence-corrected chi connectivity index (χ3v) is 3.45. The molecule has 0 spiro atoms. The Morgan fingerprint density at radius 2 is 2.20 bits per heavy atom. The minimum atomic E-state index is 0.742. The number of rotatable bonds is 4. The van der Waals surface area contributed by atoms with Gasteiger partial charge in [-0.1, -0.05) is 6.92 Å². The van der Waals surface area contributed by atoms with Gasteiger partial charge >= 0.3 is 0 Å². The summed E-state index contributed by atoms with van der Waals surface area (Å²) in [4.78, 5) is 11.4. The molecule has 0 aliphatic carbocycles. The van der Waals surface area contributed by atoms with Crippen LogP contribution < -0.4 is 10.2 Å². The molecule has 0 atom stereocenters. The molecule has 1 aliphatic rings. The first-order valence-electron chi connectivity index (χ1n) is 6.97. The molecular weight excluding hydrogens is 254 g/mol. The van der Waals surface area contributed by atoms with Crippen LogP contribution in [0.15, 0.2) is 12.4 Å². The van der Waals surface area contributed by atoms with Gasteiger partial charge in [-0.05, 0) is 6.42 Å². The Hall–Kier alpha value is -2.18. The second-order valence-corrected chi connectivity index (χ2v) is 4.89. The van der Waals surface area contributed by atoms with E-state index < -0.39 is 0 Å². The molecule has 0 saturated heterocycles. The number of hydrogen-bond donors (Lipinski definition) is 1. The van der Waals surface area contributed by atoms with Crippen molar-refractivity contribution in [2.24, 2.45) is 0 Å². The molecule has 0 bridgehead atoms. The van der Waals surface area contributed by atoms with Crippen molar-refractivity contribution in [1.29, 1.82) is 0 Å². The van der Waals surface area contributed by atoms with Crippen LogP contribution in [0.3, 0.4) is 0 Å². The smallest absolute Gasteiger partial charge is 0.152 e. The predicted octanol–water partition coefficient (Wildman–Crippen LogP) is 1.08. The normalized spacial score (nSPS) is 14.2. The third kappa shape index (κ3) is 2.43. The van der Waals surface area contributed by atoms with E-state index in [9.17, 15) is 0 Å². The first kappa shape index (κ1) is 12.8. The summed E-state index contributed by atoms with van der Waals surface area (Å²) in [6, 6.07) is 1.99. The molecule has 0 radical (unpaired) electrons. The summed E-state index contributed by atoms with van der Waals surface area (Å²) in [6.45, 7) is 4.69. The summed E-state index contributed by atoms with van der Waals surface area (Å²) in [5.41, 5.74) is 0. The van der Waals surface area contributed by atoms with Crippen molar-refractivity contribution in [1.82, 2.24) is 24.7 Å². The first-order valence-corrected chi connectivity index (χ1v) is 6.97. The van der Waals surface area contributed by atoms with Crippen LogP contribution in [0.4, 0.5) is 11.6 Å². The largest absolute Gasteiger partial charge is 0.373 e. The standard InChI is InChI=1S/C13H19N7/c1-3-4-10-16-11(14-2)7-12(17-10)19-5-6-20-9-15-18-13(20)8-19/h7,9H,3-6,8H2,1-2H3,(H,14,16,17). The van der Waals surface area contributed by atoms with E-state index in [4.69, 9.17) is 0 Å². The van der Waals surface area contributed by atoms with Crippen LogP contribution in [-0.4, -0.2) is 38.3 Å². The zero-order chi connectivity index (χ0) is 13.9. The van der Waals surface area contributed by atoms with Crippen LogP contribution in [0, 0.1) is 0 Å². The second kappa shape index (κ2) is 5.44. The first-order chi connectivity index (χ1) is 9.80. The SMILES string of the molecule is CCCc1nc(NC)cc(N2CCn3cnnc3C2)n1. The van der Waals surface area contributed by atoms with Crippen molar-refractivity contribution in [2.45, 2.75) is 32.9 Å². The highest BCUT2D eigenvalue weighted by Gasteiger charge is 2.19. The van der Waals surface area contributed by atoms with Crippen molar-refractivity contribution >= 4 is 11.6 Å². The van der Waals surface area contributed by atoms with Crippen LogP contribution >= 0.6 is 0 Å². The number of aromatic nitrogens is 5. The summed E-state index contributed by atoms with van der Waals surface area (Å²) in [5, 5.41) is 11.2. The summed E-state index contributed by atoms with van der Waals surface area (Å²) in [5.74, 6) is 3.70. The highest BCUT2D eigenvalue weighted by Crippen LogP contribution is 2.20. The maximum atomic E-state index is 4.67. The van der Waals surface area contributed by atoms with E-state index in [2.05, 4.69) is 41.9 Å². The van der Waals surface area contributed by atoms with Gasteiger partial charge in [0.05, 0.1) is 6.54 Å². The summed E-state index contributed by atoms with van der Waals surface area (Å²) in [7, 11) is 1.88. The molecule has 0 saturated carbocycles. The zero-order valence-corrected chi connectivity index (χ0v) is 11.9. The van der Waals surface area contributed by atoms with Gasteiger partial charge < -0.3 is 14.8 Å². The maximum absolute atomic E-state index is 4.67. The van der Waals surface area contributed by atoms with Crippen molar-refractivity contribution < 1.29 is 0 Å². The predicted molar refractivity (Wildman–Crippen MR) is 76.6 cm³/mol. The van der Waals surface area contributed by atoms with E-state index in [-0.39, 0.29) is 0 Å². The lowest BCUT2D eigenvalue weighted by atomic mass is 10.3. The maximum Gasteiger partial charge on any atom is 0.152 e. The van der Waals surface area contributed by atoms with Gasteiger partial charge in [0.2, 0.25) is 0 Å². The number of aryl methyl sites for hydroxylation is 1. The molecule has 0 aromatic carbocycles. The molecule has 0 amide bonds. The Bertz CT molecular complexity index is 592. The van der Waals surface area contributed by atoms with Gasteiger partial charge in [0, 0.05) is 32.6 Å². The summed E-state index contributed by atoms with van der Waals surface area (Å²) in [6.07, 6.45) is 3.72. The van der Waals surface area contributed by atoms with Crippen LogP contribution in [0.2, 0.25) is 0 Å². The van der Waals surface area contributed by atoms with Gasteiger partial charge in [-0.2, -0.15) is 0 Å². The van der Waals surface area contributed by atoms with Gasteiger partial charge in [-0.25, -0.2) is 9.97 Å². The Morgan fingerprint density at radius 1 is 1.30 bits per heavy atom. The molecular formula is C13H19N7. The molecule has 106 valence electrons.